The van der Waals surface area contributed by atoms with E-state index in [1.54, 1.807) is 18.0 Å². The van der Waals surface area contributed by atoms with Gasteiger partial charge in [0, 0.05) is 23.8 Å². The molecule has 0 aliphatic carbocycles. The average Bonchev–Trinajstić information content (AvgIpc) is 3.12. The van der Waals surface area contributed by atoms with Gasteiger partial charge in [-0.2, -0.15) is 5.10 Å². The molecular weight excluding hydrogens is 332 g/mol. The lowest BCUT2D eigenvalue weighted by atomic mass is 10.2. The van der Waals surface area contributed by atoms with Gasteiger partial charge in [-0.1, -0.05) is 25.1 Å². The zero-order chi connectivity index (χ0) is 17.5. The van der Waals surface area contributed by atoms with Crippen LogP contribution in [0.1, 0.15) is 17.3 Å². The second-order valence-corrected chi connectivity index (χ2v) is 6.67. The first-order valence-electron chi connectivity index (χ1n) is 8.23. The van der Waals surface area contributed by atoms with Crippen molar-refractivity contribution in [2.45, 2.75) is 18.4 Å². The lowest BCUT2D eigenvalue weighted by Gasteiger charge is -2.09. The highest BCUT2D eigenvalue weighted by Gasteiger charge is 2.10. The molecule has 6 heteroatoms. The van der Waals surface area contributed by atoms with Crippen molar-refractivity contribution in [2.24, 2.45) is 0 Å². The number of nitrogens with zero attached hydrogens (tertiary/aromatic N) is 3. The number of aromatic nitrogens is 3. The minimum absolute atomic E-state index is 0.0475. The molecule has 3 rings (SSSR count). The van der Waals surface area contributed by atoms with Gasteiger partial charge in [-0.3, -0.25) is 14.5 Å². The van der Waals surface area contributed by atoms with Crippen molar-refractivity contribution in [3.8, 4) is 11.4 Å². The van der Waals surface area contributed by atoms with Crippen LogP contribution in [0.15, 0.2) is 65.8 Å². The largest absolute Gasteiger partial charge is 0.350 e. The van der Waals surface area contributed by atoms with E-state index in [9.17, 15) is 4.79 Å². The van der Waals surface area contributed by atoms with E-state index < -0.39 is 0 Å². The Morgan fingerprint density at radius 2 is 1.96 bits per heavy atom. The van der Waals surface area contributed by atoms with Gasteiger partial charge in [-0.25, -0.2) is 0 Å². The molecular formula is C19H20N4OS. The summed E-state index contributed by atoms with van der Waals surface area (Å²) in [6.07, 6.45) is 3.65. The van der Waals surface area contributed by atoms with E-state index in [-0.39, 0.29) is 5.91 Å². The van der Waals surface area contributed by atoms with Crippen molar-refractivity contribution in [1.82, 2.24) is 20.1 Å². The normalized spacial score (nSPS) is 10.6. The predicted molar refractivity (Wildman–Crippen MR) is 101 cm³/mol. The summed E-state index contributed by atoms with van der Waals surface area (Å²) < 4.78 is 1.82. The van der Waals surface area contributed by atoms with E-state index in [4.69, 9.17) is 0 Å². The first kappa shape index (κ1) is 17.2. The third-order valence-corrected chi connectivity index (χ3v) is 4.58. The van der Waals surface area contributed by atoms with Crippen LogP contribution < -0.4 is 5.32 Å². The number of nitrogens with one attached hydrogen (secondary N) is 1. The molecule has 0 unspecified atom stereocenters. The van der Waals surface area contributed by atoms with E-state index in [0.29, 0.717) is 13.1 Å². The van der Waals surface area contributed by atoms with Crippen LogP contribution in [0.3, 0.4) is 0 Å². The van der Waals surface area contributed by atoms with Crippen molar-refractivity contribution in [1.29, 1.82) is 0 Å². The Morgan fingerprint density at radius 3 is 2.76 bits per heavy atom. The minimum atomic E-state index is -0.0475. The number of hydrogen-bond acceptors (Lipinski definition) is 4. The lowest BCUT2D eigenvalue weighted by Crippen LogP contribution is -2.27. The van der Waals surface area contributed by atoms with E-state index >= 15 is 0 Å². The Labute approximate surface area is 151 Å². The quantitative estimate of drug-likeness (QED) is 0.661. The highest BCUT2D eigenvalue weighted by Crippen LogP contribution is 2.22. The number of carbonyl (C=O) groups is 1. The highest BCUT2D eigenvalue weighted by atomic mass is 32.2. The molecule has 0 atom stereocenters. The van der Waals surface area contributed by atoms with Gasteiger partial charge in [0.15, 0.2) is 0 Å². The van der Waals surface area contributed by atoms with Crippen LogP contribution in [-0.4, -0.2) is 33.0 Å². The average molecular weight is 352 g/mol. The Kier molecular flexibility index (Phi) is 5.85. The van der Waals surface area contributed by atoms with Crippen LogP contribution >= 0.6 is 11.8 Å². The van der Waals surface area contributed by atoms with Crippen molar-refractivity contribution in [3.05, 3.63) is 66.5 Å². The fourth-order valence-corrected chi connectivity index (χ4v) is 3.25. The Balaban J connectivity index is 1.57. The Bertz CT molecular complexity index is 832. The van der Waals surface area contributed by atoms with E-state index in [2.05, 4.69) is 22.3 Å². The summed E-state index contributed by atoms with van der Waals surface area (Å²) in [7, 11) is 0. The molecule has 128 valence electrons. The van der Waals surface area contributed by atoms with Gasteiger partial charge in [-0.15, -0.1) is 11.8 Å². The van der Waals surface area contributed by atoms with Crippen LogP contribution in [0.5, 0.6) is 0 Å². The number of benzene rings is 1. The second kappa shape index (κ2) is 8.48. The molecule has 0 aliphatic rings. The molecule has 2 aromatic heterocycles. The van der Waals surface area contributed by atoms with Crippen LogP contribution in [0.4, 0.5) is 0 Å². The molecule has 25 heavy (non-hydrogen) atoms. The van der Waals surface area contributed by atoms with Crippen LogP contribution in [0, 0.1) is 0 Å². The fourth-order valence-electron chi connectivity index (χ4n) is 2.45. The summed E-state index contributed by atoms with van der Waals surface area (Å²) in [5.41, 5.74) is 2.40. The molecule has 0 aliphatic heterocycles. The number of carbonyl (C=O) groups excluding carboxylic acids is 1. The maximum atomic E-state index is 12.4. The fraction of sp³-hybridized carbons (Fsp3) is 0.211. The Morgan fingerprint density at radius 1 is 1.12 bits per heavy atom. The van der Waals surface area contributed by atoms with Crippen molar-refractivity contribution in [3.63, 3.8) is 0 Å². The molecule has 0 saturated carbocycles. The monoisotopic (exact) mass is 352 g/mol. The smallest absolute Gasteiger partial charge is 0.252 e. The van der Waals surface area contributed by atoms with E-state index in [1.165, 1.54) is 0 Å². The maximum absolute atomic E-state index is 12.4. The summed E-state index contributed by atoms with van der Waals surface area (Å²) in [5.74, 6) is 0.891. The third-order valence-electron chi connectivity index (χ3n) is 3.63. The Hall–Kier alpha value is -2.60. The molecule has 0 bridgehead atoms. The molecule has 2 heterocycles. The minimum Gasteiger partial charge on any atom is -0.350 e. The molecule has 5 nitrogen and oxygen atoms in total. The number of hydrogen-bond donors (Lipinski definition) is 1. The second-order valence-electron chi connectivity index (χ2n) is 5.36. The van der Waals surface area contributed by atoms with Crippen molar-refractivity contribution in [2.75, 3.05) is 12.3 Å². The molecule has 3 aromatic rings. The van der Waals surface area contributed by atoms with Crippen molar-refractivity contribution < 1.29 is 4.79 Å². The standard InChI is InChI=1S/C19H20N4OS/c1-2-25-18-9-4-3-7-15(18)19(24)21-12-14-23-13-10-17(22-23)16-8-5-6-11-20-16/h3-11,13H,2,12,14H2,1H3,(H,21,24). The molecule has 0 spiro atoms. The predicted octanol–water partition coefficient (Wildman–Crippen LogP) is 3.49. The number of amides is 1. The third kappa shape index (κ3) is 4.48. The maximum Gasteiger partial charge on any atom is 0.252 e. The van der Waals surface area contributed by atoms with Crippen LogP contribution in [-0.2, 0) is 6.54 Å². The van der Waals surface area contributed by atoms with Gasteiger partial charge in [0.1, 0.15) is 5.69 Å². The molecule has 1 aromatic carbocycles. The molecule has 0 saturated heterocycles. The number of pyridine rings is 1. The first-order chi connectivity index (χ1) is 12.3. The first-order valence-corrected chi connectivity index (χ1v) is 9.21. The SMILES string of the molecule is CCSc1ccccc1C(=O)NCCn1ccc(-c2ccccn2)n1. The number of thioether (sulfide) groups is 1. The zero-order valence-corrected chi connectivity index (χ0v) is 14.9. The molecule has 1 amide bonds. The van der Waals surface area contributed by atoms with Gasteiger partial charge in [0.05, 0.1) is 17.8 Å². The molecule has 1 N–H and O–H groups in total. The van der Waals surface area contributed by atoms with Gasteiger partial charge in [-0.05, 0) is 36.1 Å². The number of rotatable bonds is 7. The lowest BCUT2D eigenvalue weighted by molar-refractivity contribution is 0.0949. The zero-order valence-electron chi connectivity index (χ0n) is 14.1. The molecule has 0 radical (unpaired) electrons. The summed E-state index contributed by atoms with van der Waals surface area (Å²) >= 11 is 1.68. The highest BCUT2D eigenvalue weighted by molar-refractivity contribution is 7.99. The topological polar surface area (TPSA) is 59.8 Å². The summed E-state index contributed by atoms with van der Waals surface area (Å²) in [6.45, 7) is 3.21. The summed E-state index contributed by atoms with van der Waals surface area (Å²) in [5, 5.41) is 7.46. The van der Waals surface area contributed by atoms with Gasteiger partial charge < -0.3 is 5.32 Å². The van der Waals surface area contributed by atoms with Gasteiger partial charge in [0.2, 0.25) is 0 Å². The van der Waals surface area contributed by atoms with E-state index in [1.807, 2.05) is 59.4 Å². The van der Waals surface area contributed by atoms with Gasteiger partial charge in [0.25, 0.3) is 5.91 Å². The van der Waals surface area contributed by atoms with E-state index in [0.717, 1.165) is 27.6 Å². The summed E-state index contributed by atoms with van der Waals surface area (Å²) in [4.78, 5) is 17.7. The summed E-state index contributed by atoms with van der Waals surface area (Å²) in [6, 6.07) is 15.4. The van der Waals surface area contributed by atoms with Crippen LogP contribution in [0.25, 0.3) is 11.4 Å². The van der Waals surface area contributed by atoms with Crippen LogP contribution in [0.2, 0.25) is 0 Å². The van der Waals surface area contributed by atoms with Crippen molar-refractivity contribution >= 4 is 17.7 Å². The molecule has 0 fully saturated rings. The van der Waals surface area contributed by atoms with Gasteiger partial charge >= 0.3 is 0 Å².